The van der Waals surface area contributed by atoms with Crippen molar-refractivity contribution >= 4 is 23.2 Å². The molecule has 2 aliphatic rings. The molecule has 0 unspecified atom stereocenters. The van der Waals surface area contributed by atoms with Gasteiger partial charge >= 0.3 is 0 Å². The fraction of sp³-hybridized carbons (Fsp3) is 0.240. The van der Waals surface area contributed by atoms with Gasteiger partial charge in [0.15, 0.2) is 0 Å². The maximum Gasteiger partial charge on any atom is 0.239 e. The van der Waals surface area contributed by atoms with Gasteiger partial charge in [-0.1, -0.05) is 36.4 Å². The van der Waals surface area contributed by atoms with Gasteiger partial charge in [0.25, 0.3) is 0 Å². The summed E-state index contributed by atoms with van der Waals surface area (Å²) in [7, 11) is 3.99. The van der Waals surface area contributed by atoms with E-state index >= 15 is 0 Å². The van der Waals surface area contributed by atoms with Crippen molar-refractivity contribution < 1.29 is 9.59 Å². The minimum atomic E-state index is -0.499. The lowest BCUT2D eigenvalue weighted by atomic mass is 9.85. The highest BCUT2D eigenvalue weighted by Gasteiger charge is 2.59. The van der Waals surface area contributed by atoms with Gasteiger partial charge in [-0.25, -0.2) is 4.90 Å². The summed E-state index contributed by atoms with van der Waals surface area (Å²) in [5, 5.41) is 3.56. The van der Waals surface area contributed by atoms with Crippen LogP contribution in [0, 0.1) is 11.8 Å². The predicted molar refractivity (Wildman–Crippen MR) is 120 cm³/mol. The quantitative estimate of drug-likeness (QED) is 0.666. The van der Waals surface area contributed by atoms with Crippen LogP contribution in [0.3, 0.4) is 0 Å². The molecule has 2 aliphatic heterocycles. The first-order chi connectivity index (χ1) is 15.1. The molecule has 3 heterocycles. The number of amides is 2. The number of rotatable bonds is 4. The predicted octanol–water partition coefficient (Wildman–Crippen LogP) is 3.34. The summed E-state index contributed by atoms with van der Waals surface area (Å²) in [5.41, 5.74) is 3.48. The van der Waals surface area contributed by atoms with Crippen LogP contribution in [0.5, 0.6) is 0 Å². The first-order valence-electron chi connectivity index (χ1n) is 10.4. The van der Waals surface area contributed by atoms with Crippen LogP contribution in [0.1, 0.15) is 23.3 Å². The maximum absolute atomic E-state index is 13.6. The Balaban J connectivity index is 1.57. The second-order valence-corrected chi connectivity index (χ2v) is 8.26. The molecule has 1 aromatic heterocycles. The third kappa shape index (κ3) is 3.20. The number of hydrogen-bond acceptors (Lipinski definition) is 5. The number of aromatic nitrogens is 1. The van der Waals surface area contributed by atoms with E-state index in [-0.39, 0.29) is 23.9 Å². The van der Waals surface area contributed by atoms with Crippen LogP contribution in [-0.2, 0) is 9.59 Å². The van der Waals surface area contributed by atoms with Crippen LogP contribution in [0.15, 0.2) is 79.0 Å². The SMILES string of the molecule is CN(C)c1ccc([C@@H]2N[C@H](c3ccccn3)[C@@H]3C(=O)N(c4ccccc4)C(=O)[C@@H]32)cc1. The number of hydrogen-bond donors (Lipinski definition) is 1. The standard InChI is InChI=1S/C25H24N4O2/c1-28(2)17-13-11-16(12-14-17)22-20-21(23(27-22)19-10-6-7-15-26-19)25(31)29(24(20)30)18-8-4-3-5-9-18/h3-15,20-23,27H,1-2H3/t20-,21+,22-,23+/m0/s1. The smallest absolute Gasteiger partial charge is 0.239 e. The van der Waals surface area contributed by atoms with Crippen molar-refractivity contribution in [3.8, 4) is 0 Å². The second kappa shape index (κ2) is 7.63. The molecule has 4 atom stereocenters. The molecule has 2 fully saturated rings. The molecule has 0 radical (unpaired) electrons. The molecule has 2 amide bonds. The number of nitrogens with one attached hydrogen (secondary N) is 1. The Hall–Kier alpha value is -3.51. The van der Waals surface area contributed by atoms with E-state index < -0.39 is 11.8 Å². The molecule has 3 aromatic rings. The van der Waals surface area contributed by atoms with Gasteiger partial charge in [-0.2, -0.15) is 0 Å². The monoisotopic (exact) mass is 412 g/mol. The molecule has 31 heavy (non-hydrogen) atoms. The average molecular weight is 412 g/mol. The normalized spacial score (nSPS) is 25.0. The van der Waals surface area contributed by atoms with Crippen LogP contribution >= 0.6 is 0 Å². The largest absolute Gasteiger partial charge is 0.378 e. The summed E-state index contributed by atoms with van der Waals surface area (Å²) in [6, 6.07) is 22.4. The number of pyridine rings is 1. The lowest BCUT2D eigenvalue weighted by Crippen LogP contribution is -2.36. The molecule has 0 aliphatic carbocycles. The molecule has 156 valence electrons. The van der Waals surface area contributed by atoms with E-state index in [9.17, 15) is 9.59 Å². The maximum atomic E-state index is 13.6. The Morgan fingerprint density at radius 3 is 2.06 bits per heavy atom. The van der Waals surface area contributed by atoms with Crippen molar-refractivity contribution in [1.29, 1.82) is 0 Å². The molecule has 1 N–H and O–H groups in total. The van der Waals surface area contributed by atoms with E-state index in [0.717, 1.165) is 16.9 Å². The van der Waals surface area contributed by atoms with E-state index in [1.807, 2.05) is 79.7 Å². The molecule has 6 heteroatoms. The molecule has 0 saturated carbocycles. The zero-order valence-electron chi connectivity index (χ0n) is 17.5. The first kappa shape index (κ1) is 19.5. The van der Waals surface area contributed by atoms with Crippen molar-refractivity contribution in [3.05, 3.63) is 90.3 Å². The molecule has 5 rings (SSSR count). The highest BCUT2D eigenvalue weighted by molar-refractivity contribution is 6.22. The van der Waals surface area contributed by atoms with Gasteiger partial charge in [-0.15, -0.1) is 0 Å². The zero-order chi connectivity index (χ0) is 21.5. The Bertz CT molecular complexity index is 1100. The average Bonchev–Trinajstić information content (AvgIpc) is 3.32. The van der Waals surface area contributed by atoms with Crippen LogP contribution in [0.25, 0.3) is 0 Å². The van der Waals surface area contributed by atoms with E-state index in [0.29, 0.717) is 5.69 Å². The Kier molecular flexibility index (Phi) is 4.79. The molecular weight excluding hydrogens is 388 g/mol. The minimum Gasteiger partial charge on any atom is -0.378 e. The number of fused-ring (bicyclic) bond motifs is 1. The molecule has 0 spiro atoms. The second-order valence-electron chi connectivity index (χ2n) is 8.26. The number of carbonyl (C=O) groups is 2. The number of benzene rings is 2. The fourth-order valence-electron chi connectivity index (χ4n) is 4.76. The number of imide groups is 1. The van der Waals surface area contributed by atoms with Crippen molar-refractivity contribution in [2.75, 3.05) is 23.9 Å². The van der Waals surface area contributed by atoms with Crippen LogP contribution in [0.4, 0.5) is 11.4 Å². The fourth-order valence-corrected chi connectivity index (χ4v) is 4.76. The van der Waals surface area contributed by atoms with Gasteiger partial charge in [0.2, 0.25) is 11.8 Å². The lowest BCUT2D eigenvalue weighted by molar-refractivity contribution is -0.123. The summed E-state index contributed by atoms with van der Waals surface area (Å²) in [6.07, 6.45) is 1.72. The first-order valence-corrected chi connectivity index (χ1v) is 10.4. The van der Waals surface area contributed by atoms with Gasteiger partial charge in [-0.3, -0.25) is 14.6 Å². The summed E-state index contributed by atoms with van der Waals surface area (Å²) < 4.78 is 0. The topological polar surface area (TPSA) is 65.5 Å². The molecule has 6 nitrogen and oxygen atoms in total. The molecule has 0 bridgehead atoms. The Morgan fingerprint density at radius 1 is 0.806 bits per heavy atom. The van der Waals surface area contributed by atoms with E-state index in [1.54, 1.807) is 18.3 Å². The van der Waals surface area contributed by atoms with Crippen molar-refractivity contribution in [1.82, 2.24) is 10.3 Å². The summed E-state index contributed by atoms with van der Waals surface area (Å²) >= 11 is 0. The van der Waals surface area contributed by atoms with E-state index in [2.05, 4.69) is 10.3 Å². The number of anilines is 2. The number of carbonyl (C=O) groups excluding carboxylic acids is 2. The zero-order valence-corrected chi connectivity index (χ0v) is 17.5. The lowest BCUT2D eigenvalue weighted by Gasteiger charge is -2.23. The summed E-state index contributed by atoms with van der Waals surface area (Å²) in [5.74, 6) is -1.31. The third-order valence-electron chi connectivity index (χ3n) is 6.26. The Morgan fingerprint density at radius 2 is 1.45 bits per heavy atom. The number of nitrogens with zero attached hydrogens (tertiary/aromatic N) is 3. The minimum absolute atomic E-state index is 0.159. The van der Waals surface area contributed by atoms with Crippen molar-refractivity contribution in [2.45, 2.75) is 12.1 Å². The highest BCUT2D eigenvalue weighted by Crippen LogP contribution is 2.50. The van der Waals surface area contributed by atoms with Gasteiger partial charge in [0.1, 0.15) is 0 Å². The van der Waals surface area contributed by atoms with Crippen molar-refractivity contribution in [3.63, 3.8) is 0 Å². The van der Waals surface area contributed by atoms with Gasteiger partial charge in [0.05, 0.1) is 29.3 Å². The molecular formula is C25H24N4O2. The number of para-hydroxylation sites is 1. The van der Waals surface area contributed by atoms with E-state index in [1.165, 1.54) is 4.90 Å². The Labute approximate surface area is 181 Å². The van der Waals surface area contributed by atoms with Gasteiger partial charge in [0, 0.05) is 32.0 Å². The molecule has 2 saturated heterocycles. The van der Waals surface area contributed by atoms with Gasteiger partial charge < -0.3 is 10.2 Å². The van der Waals surface area contributed by atoms with E-state index in [4.69, 9.17) is 0 Å². The highest BCUT2D eigenvalue weighted by atomic mass is 16.2. The summed E-state index contributed by atoms with van der Waals surface area (Å²) in [4.78, 5) is 35.0. The van der Waals surface area contributed by atoms with Crippen LogP contribution in [-0.4, -0.2) is 30.9 Å². The van der Waals surface area contributed by atoms with Gasteiger partial charge in [-0.05, 0) is 42.0 Å². The van der Waals surface area contributed by atoms with Crippen LogP contribution in [0.2, 0.25) is 0 Å². The summed E-state index contributed by atoms with van der Waals surface area (Å²) in [6.45, 7) is 0. The molecule has 2 aromatic carbocycles. The van der Waals surface area contributed by atoms with Crippen molar-refractivity contribution in [2.24, 2.45) is 11.8 Å². The van der Waals surface area contributed by atoms with Crippen LogP contribution < -0.4 is 15.1 Å². The third-order valence-corrected chi connectivity index (χ3v) is 6.26.